The third-order valence-corrected chi connectivity index (χ3v) is 4.26. The Hall–Kier alpha value is -1.66. The average molecular weight is 305 g/mol. The van der Waals surface area contributed by atoms with Crippen LogP contribution in [-0.2, 0) is 6.54 Å². The van der Waals surface area contributed by atoms with Crippen LogP contribution in [-0.4, -0.2) is 38.4 Å². The molecule has 0 aromatic carbocycles. The van der Waals surface area contributed by atoms with Crippen molar-refractivity contribution in [3.05, 3.63) is 23.5 Å². The van der Waals surface area contributed by atoms with Gasteiger partial charge >= 0.3 is 0 Å². The Labute approximate surface area is 130 Å². The first-order valence-corrected chi connectivity index (χ1v) is 7.71. The third-order valence-electron chi connectivity index (χ3n) is 4.26. The van der Waals surface area contributed by atoms with Gasteiger partial charge in [0.25, 0.3) is 5.89 Å². The molecule has 2 aromatic rings. The van der Waals surface area contributed by atoms with E-state index >= 15 is 0 Å². The minimum absolute atomic E-state index is 0.126. The lowest BCUT2D eigenvalue weighted by Crippen LogP contribution is -2.45. The van der Waals surface area contributed by atoms with Crippen molar-refractivity contribution in [2.75, 3.05) is 6.54 Å². The molecule has 3 heterocycles. The zero-order valence-electron chi connectivity index (χ0n) is 13.6. The number of aromatic nitrogens is 2. The summed E-state index contributed by atoms with van der Waals surface area (Å²) in [5.74, 6) is 2.67. The highest BCUT2D eigenvalue weighted by Gasteiger charge is 2.36. The van der Waals surface area contributed by atoms with Gasteiger partial charge in [0.1, 0.15) is 11.5 Å². The van der Waals surface area contributed by atoms with E-state index in [2.05, 4.69) is 15.1 Å². The van der Waals surface area contributed by atoms with Crippen molar-refractivity contribution >= 4 is 0 Å². The summed E-state index contributed by atoms with van der Waals surface area (Å²) < 4.78 is 11.3. The predicted molar refractivity (Wildman–Crippen MR) is 81.2 cm³/mol. The van der Waals surface area contributed by atoms with Crippen LogP contribution in [0, 0.1) is 13.8 Å². The summed E-state index contributed by atoms with van der Waals surface area (Å²) >= 11 is 0. The van der Waals surface area contributed by atoms with Crippen molar-refractivity contribution in [1.82, 2.24) is 15.1 Å². The molecule has 1 fully saturated rings. The van der Waals surface area contributed by atoms with Gasteiger partial charge in [0.15, 0.2) is 0 Å². The van der Waals surface area contributed by atoms with Crippen molar-refractivity contribution in [1.29, 1.82) is 0 Å². The van der Waals surface area contributed by atoms with E-state index in [1.807, 2.05) is 33.8 Å². The summed E-state index contributed by atoms with van der Waals surface area (Å²) in [7, 11) is 0. The Bertz CT molecular complexity index is 654. The molecule has 1 aliphatic rings. The quantitative estimate of drug-likeness (QED) is 0.936. The van der Waals surface area contributed by atoms with E-state index in [0.717, 1.165) is 36.5 Å². The molecule has 2 aromatic heterocycles. The molecule has 1 aliphatic heterocycles. The topological polar surface area (TPSA) is 75.5 Å². The molecule has 22 heavy (non-hydrogen) atoms. The van der Waals surface area contributed by atoms with Crippen molar-refractivity contribution < 1.29 is 13.9 Å². The van der Waals surface area contributed by atoms with E-state index in [-0.39, 0.29) is 6.04 Å². The monoisotopic (exact) mass is 305 g/mol. The van der Waals surface area contributed by atoms with Crippen LogP contribution in [0.3, 0.4) is 0 Å². The van der Waals surface area contributed by atoms with E-state index in [1.54, 1.807) is 0 Å². The zero-order chi connectivity index (χ0) is 15.9. The van der Waals surface area contributed by atoms with Crippen molar-refractivity contribution in [3.8, 4) is 11.5 Å². The number of nitrogens with zero attached hydrogens (tertiary/aromatic N) is 3. The van der Waals surface area contributed by atoms with Crippen LogP contribution in [0.2, 0.25) is 0 Å². The number of aliphatic hydroxyl groups is 1. The minimum Gasteiger partial charge on any atom is -0.466 e. The van der Waals surface area contributed by atoms with E-state index in [0.29, 0.717) is 18.3 Å². The van der Waals surface area contributed by atoms with Crippen LogP contribution in [0.1, 0.15) is 44.1 Å². The molecule has 6 heteroatoms. The number of rotatable bonds is 4. The van der Waals surface area contributed by atoms with Crippen LogP contribution in [0.25, 0.3) is 11.5 Å². The second-order valence-corrected chi connectivity index (χ2v) is 6.61. The minimum atomic E-state index is -0.725. The van der Waals surface area contributed by atoms with E-state index in [4.69, 9.17) is 8.83 Å². The molecule has 6 nitrogen and oxygen atoms in total. The predicted octanol–water partition coefficient (Wildman–Crippen LogP) is 2.68. The first kappa shape index (κ1) is 15.2. The highest BCUT2D eigenvalue weighted by molar-refractivity contribution is 5.55. The fourth-order valence-electron chi connectivity index (χ4n) is 3.26. The molecule has 0 bridgehead atoms. The molecule has 120 valence electrons. The Morgan fingerprint density at radius 3 is 2.73 bits per heavy atom. The van der Waals surface area contributed by atoms with Crippen LogP contribution in [0.4, 0.5) is 0 Å². The highest BCUT2D eigenvalue weighted by Crippen LogP contribution is 2.29. The molecule has 0 amide bonds. The normalized spacial score (nSPS) is 20.0. The largest absolute Gasteiger partial charge is 0.466 e. The third kappa shape index (κ3) is 2.94. The molecule has 0 saturated carbocycles. The van der Waals surface area contributed by atoms with Crippen molar-refractivity contribution in [2.24, 2.45) is 0 Å². The van der Waals surface area contributed by atoms with Gasteiger partial charge in [-0.2, -0.15) is 0 Å². The Balaban J connectivity index is 1.76. The molecule has 0 spiro atoms. The lowest BCUT2D eigenvalue weighted by Gasteiger charge is -2.32. The lowest BCUT2D eigenvalue weighted by atomic mass is 9.97. The zero-order valence-corrected chi connectivity index (χ0v) is 13.6. The second kappa shape index (κ2) is 5.52. The Morgan fingerprint density at radius 2 is 2.09 bits per heavy atom. The van der Waals surface area contributed by atoms with Crippen molar-refractivity contribution in [2.45, 2.75) is 58.7 Å². The Morgan fingerprint density at radius 1 is 1.32 bits per heavy atom. The molecule has 0 aliphatic carbocycles. The van der Waals surface area contributed by atoms with Crippen LogP contribution >= 0.6 is 0 Å². The van der Waals surface area contributed by atoms with E-state index < -0.39 is 5.60 Å². The van der Waals surface area contributed by atoms with Gasteiger partial charge in [0.2, 0.25) is 5.89 Å². The standard InChI is InChI=1S/C16H23N3O3/c1-10-8-12(11(2)21-10)15-18-17-14(22-15)9-19-7-5-6-13(19)16(3,4)20/h8,13,20H,5-7,9H2,1-4H3. The molecule has 3 rings (SSSR count). The Kier molecular flexibility index (Phi) is 3.82. The van der Waals surface area contributed by atoms with E-state index in [9.17, 15) is 5.11 Å². The van der Waals surface area contributed by atoms with Gasteiger partial charge in [-0.25, -0.2) is 0 Å². The van der Waals surface area contributed by atoms with Gasteiger partial charge in [-0.15, -0.1) is 10.2 Å². The summed E-state index contributed by atoms with van der Waals surface area (Å²) in [4.78, 5) is 2.21. The van der Waals surface area contributed by atoms with Gasteiger partial charge in [-0.05, 0) is 53.1 Å². The summed E-state index contributed by atoms with van der Waals surface area (Å²) in [5, 5.41) is 18.5. The summed E-state index contributed by atoms with van der Waals surface area (Å²) in [6, 6.07) is 2.03. The van der Waals surface area contributed by atoms with Gasteiger partial charge in [-0.1, -0.05) is 0 Å². The van der Waals surface area contributed by atoms with Gasteiger partial charge < -0.3 is 13.9 Å². The number of hydrogen-bond acceptors (Lipinski definition) is 6. The highest BCUT2D eigenvalue weighted by atomic mass is 16.4. The van der Waals surface area contributed by atoms with Crippen molar-refractivity contribution in [3.63, 3.8) is 0 Å². The smallest absolute Gasteiger partial charge is 0.251 e. The molecular formula is C16H23N3O3. The number of aryl methyl sites for hydroxylation is 2. The fraction of sp³-hybridized carbons (Fsp3) is 0.625. The summed E-state index contributed by atoms with van der Waals surface area (Å²) in [6.45, 7) is 9.00. The fourth-order valence-corrected chi connectivity index (χ4v) is 3.26. The number of furan rings is 1. The van der Waals surface area contributed by atoms with Crippen LogP contribution < -0.4 is 0 Å². The van der Waals surface area contributed by atoms with Crippen LogP contribution in [0.15, 0.2) is 14.9 Å². The molecule has 1 saturated heterocycles. The molecule has 1 unspecified atom stereocenters. The second-order valence-electron chi connectivity index (χ2n) is 6.61. The van der Waals surface area contributed by atoms with Gasteiger partial charge in [0.05, 0.1) is 17.7 Å². The number of hydrogen-bond donors (Lipinski definition) is 1. The van der Waals surface area contributed by atoms with E-state index in [1.165, 1.54) is 0 Å². The first-order chi connectivity index (χ1) is 10.3. The maximum Gasteiger partial charge on any atom is 0.251 e. The average Bonchev–Trinajstić information content (AvgIpc) is 3.09. The molecule has 0 radical (unpaired) electrons. The SMILES string of the molecule is Cc1cc(-c2nnc(CN3CCCC3C(C)(C)O)o2)c(C)o1. The van der Waals surface area contributed by atoms with Gasteiger partial charge in [0, 0.05) is 6.04 Å². The maximum absolute atomic E-state index is 10.3. The first-order valence-electron chi connectivity index (χ1n) is 7.71. The summed E-state index contributed by atoms with van der Waals surface area (Å²) in [5.41, 5.74) is 0.120. The summed E-state index contributed by atoms with van der Waals surface area (Å²) in [6.07, 6.45) is 2.07. The maximum atomic E-state index is 10.3. The van der Waals surface area contributed by atoms with Crippen LogP contribution in [0.5, 0.6) is 0 Å². The van der Waals surface area contributed by atoms with Gasteiger partial charge in [-0.3, -0.25) is 4.90 Å². The molecule has 1 atom stereocenters. The molecular weight excluding hydrogens is 282 g/mol. The lowest BCUT2D eigenvalue weighted by molar-refractivity contribution is -0.00723. The number of likely N-dealkylation sites (tertiary alicyclic amines) is 1. The molecule has 1 N–H and O–H groups in total.